The topological polar surface area (TPSA) is 240 Å². The van der Waals surface area contributed by atoms with E-state index in [9.17, 15) is 20.4 Å². The molecular formula is C56H116HfO20. The van der Waals surface area contributed by atoms with Crippen LogP contribution in [0, 0.1) is 0 Å². The summed E-state index contributed by atoms with van der Waals surface area (Å²) >= 11 is 0. The second-order valence-corrected chi connectivity index (χ2v) is 26.4. The molecule has 0 amide bonds. The van der Waals surface area contributed by atoms with E-state index in [1.807, 2.05) is 166 Å². The summed E-state index contributed by atoms with van der Waals surface area (Å²) in [5, 5.41) is 49.0. The van der Waals surface area contributed by atoms with Crippen LogP contribution in [0.4, 0.5) is 0 Å². The van der Waals surface area contributed by atoms with Crippen molar-refractivity contribution in [3.05, 3.63) is 0 Å². The number of methoxy groups -OCH3 is 8. The maximum absolute atomic E-state index is 12.3. The van der Waals surface area contributed by atoms with Crippen LogP contribution < -0.4 is 20.4 Å². The van der Waals surface area contributed by atoms with Crippen molar-refractivity contribution in [1.29, 1.82) is 0 Å². The molecule has 0 N–H and O–H groups in total. The van der Waals surface area contributed by atoms with E-state index in [-0.39, 0.29) is 25.8 Å². The Hall–Kier alpha value is 0.0701. The van der Waals surface area contributed by atoms with E-state index in [2.05, 4.69) is 0 Å². The van der Waals surface area contributed by atoms with Crippen LogP contribution in [0.15, 0.2) is 0 Å². The van der Waals surface area contributed by atoms with Gasteiger partial charge in [-0.3, -0.25) is 0 Å². The van der Waals surface area contributed by atoms with Gasteiger partial charge >= 0.3 is 25.8 Å². The number of hydrogen-bond acceptors (Lipinski definition) is 20. The van der Waals surface area contributed by atoms with Crippen molar-refractivity contribution in [2.24, 2.45) is 0 Å². The molecule has 0 bridgehead atoms. The molecule has 0 saturated heterocycles. The fraction of sp³-hybridized carbons (Fsp3) is 1.00. The minimum absolute atomic E-state index is 0. The molecule has 0 aromatic rings. The number of rotatable bonds is 24. The first kappa shape index (κ1) is 85.9. The Balaban J connectivity index is -0.000000298. The quantitative estimate of drug-likeness (QED) is 0.0720. The summed E-state index contributed by atoms with van der Waals surface area (Å²) in [4.78, 5) is 0. The molecular weight excluding hydrogens is 1170 g/mol. The van der Waals surface area contributed by atoms with E-state index < -0.39 is 118 Å². The van der Waals surface area contributed by atoms with Gasteiger partial charge in [0, 0.05) is 56.9 Å². The van der Waals surface area contributed by atoms with Crippen molar-refractivity contribution in [2.45, 2.75) is 311 Å². The van der Waals surface area contributed by atoms with Crippen LogP contribution in [0.5, 0.6) is 0 Å². The van der Waals surface area contributed by atoms with Gasteiger partial charge in [-0.05, 0) is 166 Å². The smallest absolute Gasteiger partial charge is 0.848 e. The molecule has 0 rings (SSSR count). The van der Waals surface area contributed by atoms with Gasteiger partial charge in [-0.25, -0.2) is 0 Å². The van der Waals surface area contributed by atoms with Crippen LogP contribution in [0.1, 0.15) is 194 Å². The molecule has 0 aromatic carbocycles. The monoisotopic (exact) mass is 1290 g/mol. The molecule has 4 atom stereocenters. The van der Waals surface area contributed by atoms with Crippen molar-refractivity contribution in [2.75, 3.05) is 56.9 Å². The van der Waals surface area contributed by atoms with Crippen molar-refractivity contribution in [3.8, 4) is 0 Å². The molecule has 0 fully saturated rings. The zero-order valence-corrected chi connectivity index (χ0v) is 58.9. The minimum atomic E-state index is -1.51. The van der Waals surface area contributed by atoms with Gasteiger partial charge in [-0.1, -0.05) is 52.1 Å². The third-order valence-corrected chi connectivity index (χ3v) is 9.02. The third-order valence-electron chi connectivity index (χ3n) is 9.02. The molecule has 4 unspecified atom stereocenters. The van der Waals surface area contributed by atoms with Crippen LogP contribution in [-0.4, -0.2) is 174 Å². The van der Waals surface area contributed by atoms with Crippen LogP contribution in [-0.2, 0) is 102 Å². The maximum Gasteiger partial charge on any atom is 4.00 e. The zero-order valence-electron chi connectivity index (χ0n) is 55.3. The molecule has 20 nitrogen and oxygen atoms in total. The first-order valence-corrected chi connectivity index (χ1v) is 26.0. The Morgan fingerprint density at radius 2 is 0.286 bits per heavy atom. The zero-order chi connectivity index (χ0) is 61.9. The van der Waals surface area contributed by atoms with Gasteiger partial charge in [0.05, 0.1) is 44.8 Å². The summed E-state index contributed by atoms with van der Waals surface area (Å²) in [6.07, 6.45) is -8.35. The van der Waals surface area contributed by atoms with Crippen LogP contribution in [0.3, 0.4) is 0 Å². The molecule has 0 saturated carbocycles. The Kier molecular flexibility index (Phi) is 38.1. The van der Waals surface area contributed by atoms with Gasteiger partial charge in [0.1, 0.15) is 0 Å². The van der Waals surface area contributed by atoms with Crippen LogP contribution in [0.25, 0.3) is 0 Å². The summed E-state index contributed by atoms with van der Waals surface area (Å²) < 4.78 is 89.3. The molecule has 0 aliphatic carbocycles. The molecule has 464 valence electrons. The summed E-state index contributed by atoms with van der Waals surface area (Å²) in [6.45, 7) is 50.6. The molecule has 0 radical (unpaired) electrons. The first-order valence-electron chi connectivity index (χ1n) is 26.0. The van der Waals surface area contributed by atoms with Gasteiger partial charge in [-0.15, -0.1) is 0 Å². The van der Waals surface area contributed by atoms with Crippen LogP contribution >= 0.6 is 0 Å². The van der Waals surface area contributed by atoms with Gasteiger partial charge in [0.2, 0.25) is 48.3 Å². The summed E-state index contributed by atoms with van der Waals surface area (Å²) in [6, 6.07) is 0. The van der Waals surface area contributed by atoms with Crippen molar-refractivity contribution in [1.82, 2.24) is 0 Å². The summed E-state index contributed by atoms with van der Waals surface area (Å²) in [7, 11) is 11.7. The average molecular weight is 1290 g/mol. The number of ether oxygens (including phenoxy) is 16. The predicted octanol–water partition coefficient (Wildman–Crippen LogP) is 6.72. The normalized spacial score (nSPS) is 15.7. The summed E-state index contributed by atoms with van der Waals surface area (Å²) in [5.41, 5.74) is -4.56. The molecule has 77 heavy (non-hydrogen) atoms. The molecule has 0 heterocycles. The van der Waals surface area contributed by atoms with Gasteiger partial charge in [0.15, 0.2) is 0 Å². The molecule has 0 aliphatic heterocycles. The second-order valence-electron chi connectivity index (χ2n) is 26.4. The Labute approximate surface area is 488 Å². The predicted molar refractivity (Wildman–Crippen MR) is 287 cm³/mol. The molecule has 0 aliphatic rings. The molecule has 0 spiro atoms. The average Bonchev–Trinajstić information content (AvgIpc) is 3.15. The Morgan fingerprint density at radius 3 is 0.325 bits per heavy atom. The van der Waals surface area contributed by atoms with Crippen LogP contribution in [0.2, 0.25) is 0 Å². The Morgan fingerprint density at radius 1 is 0.208 bits per heavy atom. The van der Waals surface area contributed by atoms with E-state index in [1.54, 1.807) is 0 Å². The van der Waals surface area contributed by atoms with Gasteiger partial charge < -0.3 is 96.2 Å². The van der Waals surface area contributed by atoms with Crippen molar-refractivity contribution >= 4 is 0 Å². The van der Waals surface area contributed by atoms with Gasteiger partial charge in [-0.2, -0.15) is 0 Å². The maximum atomic E-state index is 12.3. The standard InChI is InChI=1S/4C14H29O5.Hf/c4*1-10(15)14(11(16-8)17-9,18-12(2,3)4)19-13(5,6)7;/h4*10-11H,1-9H3;/q4*-1;+4. The first-order chi connectivity index (χ1) is 33.5. The fourth-order valence-corrected chi connectivity index (χ4v) is 7.43. The summed E-state index contributed by atoms with van der Waals surface area (Å²) in [5.74, 6) is -6.06. The van der Waals surface area contributed by atoms with E-state index in [0.29, 0.717) is 0 Å². The second kappa shape index (κ2) is 34.1. The van der Waals surface area contributed by atoms with E-state index in [1.165, 1.54) is 84.6 Å². The molecule has 0 aromatic heterocycles. The van der Waals surface area contributed by atoms with Gasteiger partial charge in [0.25, 0.3) is 0 Å². The van der Waals surface area contributed by atoms with E-state index >= 15 is 0 Å². The molecule has 21 heteroatoms. The minimum Gasteiger partial charge on any atom is -0.848 e. The third kappa shape index (κ3) is 33.2. The van der Waals surface area contributed by atoms with E-state index in [0.717, 1.165) is 0 Å². The SMILES string of the molecule is COC(OC)C(OC(C)(C)C)(OC(C)(C)C)C(C)[O-].COC(OC)C(OC(C)(C)C)(OC(C)(C)C)C(C)[O-].COC(OC)C(OC(C)(C)C)(OC(C)(C)C)C(C)[O-].COC(OC)C(OC(C)(C)C)(OC(C)(C)C)C(C)[O-].[Hf+4]. The fourth-order valence-electron chi connectivity index (χ4n) is 7.43. The van der Waals surface area contributed by atoms with Crippen molar-refractivity contribution < 1.29 is 122 Å². The van der Waals surface area contributed by atoms with E-state index in [4.69, 9.17) is 75.8 Å². The number of hydrogen-bond donors (Lipinski definition) is 0. The Bertz CT molecular complexity index is 1200. The largest absolute Gasteiger partial charge is 4.00 e. The van der Waals surface area contributed by atoms with Crippen molar-refractivity contribution in [3.63, 3.8) is 0 Å².